The minimum Gasteiger partial charge on any atom is -0.493 e. The second-order valence-electron chi connectivity index (χ2n) is 7.65. The Morgan fingerprint density at radius 1 is 1.25 bits per heavy atom. The van der Waals surface area contributed by atoms with Crippen molar-refractivity contribution in [2.24, 2.45) is 13.0 Å². The van der Waals surface area contributed by atoms with Gasteiger partial charge in [0.05, 0.1) is 17.2 Å². The monoisotopic (exact) mass is 421 g/mol. The van der Waals surface area contributed by atoms with Crippen molar-refractivity contribution in [3.8, 4) is 5.75 Å². The van der Waals surface area contributed by atoms with Crippen LogP contribution in [0.4, 0.5) is 0 Å². The van der Waals surface area contributed by atoms with Crippen molar-refractivity contribution in [3.63, 3.8) is 0 Å². The number of nitrogens with zero attached hydrogens (tertiary/aromatic N) is 3. The highest BCUT2D eigenvalue weighted by Crippen LogP contribution is 2.32. The summed E-state index contributed by atoms with van der Waals surface area (Å²) in [6.07, 6.45) is 2.56. The van der Waals surface area contributed by atoms with Crippen LogP contribution in [0.3, 0.4) is 0 Å². The van der Waals surface area contributed by atoms with Gasteiger partial charge in [-0.05, 0) is 56.4 Å². The quantitative estimate of drug-likeness (QED) is 0.694. The van der Waals surface area contributed by atoms with E-state index in [9.17, 15) is 8.42 Å². The van der Waals surface area contributed by atoms with Crippen molar-refractivity contribution < 1.29 is 13.2 Å². The summed E-state index contributed by atoms with van der Waals surface area (Å²) >= 11 is 1.78. The third-order valence-electron chi connectivity index (χ3n) is 5.90. The van der Waals surface area contributed by atoms with Gasteiger partial charge >= 0.3 is 0 Å². The van der Waals surface area contributed by atoms with Crippen LogP contribution in [0, 0.1) is 19.8 Å². The molecule has 28 heavy (non-hydrogen) atoms. The normalized spacial score (nSPS) is 18.2. The molecule has 2 aliphatic heterocycles. The van der Waals surface area contributed by atoms with Gasteiger partial charge in [0, 0.05) is 38.0 Å². The maximum Gasteiger partial charge on any atom is 0.243 e. The van der Waals surface area contributed by atoms with Gasteiger partial charge in [-0.25, -0.2) is 13.4 Å². The average molecular weight is 422 g/mol. The lowest BCUT2D eigenvalue weighted by Gasteiger charge is -2.31. The van der Waals surface area contributed by atoms with Gasteiger partial charge in [-0.3, -0.25) is 0 Å². The highest BCUT2D eigenvalue weighted by Gasteiger charge is 2.30. The second-order valence-corrected chi connectivity index (χ2v) is 10.6. The molecule has 0 N–H and O–H groups in total. The van der Waals surface area contributed by atoms with E-state index >= 15 is 0 Å². The highest BCUT2D eigenvalue weighted by molar-refractivity contribution is 7.99. The number of aryl methyl sites for hydroxylation is 1. The maximum atomic E-state index is 13.0. The molecule has 8 heteroatoms. The maximum absolute atomic E-state index is 13.0. The molecule has 0 atom stereocenters. The van der Waals surface area contributed by atoms with E-state index in [4.69, 9.17) is 4.74 Å². The lowest BCUT2D eigenvalue weighted by molar-refractivity contribution is 0.291. The topological polar surface area (TPSA) is 64.4 Å². The molecule has 4 rings (SSSR count). The van der Waals surface area contributed by atoms with Gasteiger partial charge in [0.15, 0.2) is 5.16 Å². The molecule has 0 bridgehead atoms. The van der Waals surface area contributed by atoms with E-state index in [1.54, 1.807) is 34.3 Å². The molecule has 0 unspecified atom stereocenters. The molecule has 1 fully saturated rings. The Balaban J connectivity index is 1.36. The fourth-order valence-electron chi connectivity index (χ4n) is 3.80. The van der Waals surface area contributed by atoms with Crippen LogP contribution >= 0.6 is 11.8 Å². The van der Waals surface area contributed by atoms with E-state index in [1.165, 1.54) is 5.69 Å². The van der Waals surface area contributed by atoms with E-state index in [0.29, 0.717) is 30.5 Å². The summed E-state index contributed by atoms with van der Waals surface area (Å²) in [5.41, 5.74) is 3.27. The van der Waals surface area contributed by atoms with E-state index in [2.05, 4.69) is 23.5 Å². The first-order valence-electron chi connectivity index (χ1n) is 9.75. The van der Waals surface area contributed by atoms with Gasteiger partial charge in [-0.1, -0.05) is 11.8 Å². The van der Waals surface area contributed by atoms with Crippen LogP contribution in [0.15, 0.2) is 28.3 Å². The van der Waals surface area contributed by atoms with E-state index < -0.39 is 10.0 Å². The number of piperidine rings is 1. The number of hydrogen-bond donors (Lipinski definition) is 0. The summed E-state index contributed by atoms with van der Waals surface area (Å²) in [6.45, 7) is 5.92. The number of benzene rings is 1. The second kappa shape index (κ2) is 7.72. The summed E-state index contributed by atoms with van der Waals surface area (Å²) in [5, 5.41) is 1.05. The third-order valence-corrected chi connectivity index (χ3v) is 9.05. The molecule has 3 heterocycles. The molecule has 0 saturated carbocycles. The van der Waals surface area contributed by atoms with Gasteiger partial charge < -0.3 is 9.30 Å². The Morgan fingerprint density at radius 3 is 2.68 bits per heavy atom. The molecular formula is C20H27N3O3S2. The Morgan fingerprint density at radius 2 is 2.00 bits per heavy atom. The fourth-order valence-corrected chi connectivity index (χ4v) is 6.57. The van der Waals surface area contributed by atoms with Crippen LogP contribution in [0.1, 0.15) is 29.8 Å². The van der Waals surface area contributed by atoms with Gasteiger partial charge in [-0.2, -0.15) is 4.31 Å². The molecule has 2 aliphatic rings. The molecule has 0 aliphatic carbocycles. The summed E-state index contributed by atoms with van der Waals surface area (Å²) in [7, 11) is -1.38. The number of aromatic nitrogens is 2. The number of fused-ring (bicyclic) bond motifs is 1. The molecule has 0 spiro atoms. The SMILES string of the molecule is Cc1nc(SCC2CCN(S(=O)(=O)c3ccc4c(c3)CCO4)CC2)n(C)c1C. The van der Waals surface area contributed by atoms with E-state index in [1.807, 2.05) is 6.92 Å². The first-order chi connectivity index (χ1) is 13.4. The Labute approximate surface area is 171 Å². The predicted molar refractivity (Wildman–Crippen MR) is 111 cm³/mol. The van der Waals surface area contributed by atoms with Gasteiger partial charge in [0.25, 0.3) is 0 Å². The molecule has 2 aromatic rings. The number of ether oxygens (including phenoxy) is 1. The third kappa shape index (κ3) is 3.69. The zero-order valence-corrected chi connectivity index (χ0v) is 18.3. The number of sulfonamides is 1. The van der Waals surface area contributed by atoms with Crippen LogP contribution in [0.2, 0.25) is 0 Å². The first-order valence-corrected chi connectivity index (χ1v) is 12.2. The molecule has 1 aromatic carbocycles. The van der Waals surface area contributed by atoms with Crippen molar-refractivity contribution in [2.45, 2.75) is 43.2 Å². The fraction of sp³-hybridized carbons (Fsp3) is 0.550. The lowest BCUT2D eigenvalue weighted by Crippen LogP contribution is -2.39. The van der Waals surface area contributed by atoms with E-state index in [-0.39, 0.29) is 0 Å². The number of hydrogen-bond acceptors (Lipinski definition) is 5. The van der Waals surface area contributed by atoms with Crippen LogP contribution < -0.4 is 4.74 Å². The van der Waals surface area contributed by atoms with Crippen molar-refractivity contribution in [2.75, 3.05) is 25.4 Å². The zero-order valence-electron chi connectivity index (χ0n) is 16.6. The smallest absolute Gasteiger partial charge is 0.243 e. The molecule has 152 valence electrons. The van der Waals surface area contributed by atoms with Crippen LogP contribution in [-0.2, 0) is 23.5 Å². The molecule has 1 aromatic heterocycles. The first kappa shape index (κ1) is 19.8. The van der Waals surface area contributed by atoms with Crippen LogP contribution in [0.5, 0.6) is 5.75 Å². The molecular weight excluding hydrogens is 394 g/mol. The number of imidazole rings is 1. The summed E-state index contributed by atoms with van der Waals surface area (Å²) in [6, 6.07) is 5.24. The zero-order chi connectivity index (χ0) is 19.9. The average Bonchev–Trinajstić information content (AvgIpc) is 3.26. The number of rotatable bonds is 5. The molecule has 0 radical (unpaired) electrons. The van der Waals surface area contributed by atoms with Gasteiger partial charge in [-0.15, -0.1) is 0 Å². The lowest BCUT2D eigenvalue weighted by atomic mass is 10.0. The van der Waals surface area contributed by atoms with Crippen LogP contribution in [-0.4, -0.2) is 47.7 Å². The van der Waals surface area contributed by atoms with Gasteiger partial charge in [0.2, 0.25) is 10.0 Å². The number of thioether (sulfide) groups is 1. The minimum atomic E-state index is -3.43. The van der Waals surface area contributed by atoms with Crippen molar-refractivity contribution in [3.05, 3.63) is 35.2 Å². The summed E-state index contributed by atoms with van der Waals surface area (Å²) in [4.78, 5) is 5.02. The van der Waals surface area contributed by atoms with Gasteiger partial charge in [0.1, 0.15) is 5.75 Å². The van der Waals surface area contributed by atoms with Crippen LogP contribution in [0.25, 0.3) is 0 Å². The molecule has 6 nitrogen and oxygen atoms in total. The largest absolute Gasteiger partial charge is 0.493 e. The predicted octanol–water partition coefficient (Wildman–Crippen LogP) is 3.16. The Bertz CT molecular complexity index is 977. The molecule has 1 saturated heterocycles. The van der Waals surface area contributed by atoms with Crippen molar-refractivity contribution >= 4 is 21.8 Å². The highest BCUT2D eigenvalue weighted by atomic mass is 32.2. The van der Waals surface area contributed by atoms with E-state index in [0.717, 1.165) is 47.2 Å². The Kier molecular flexibility index (Phi) is 5.46. The standard InChI is InChI=1S/C20H27N3O3S2/c1-14-15(2)22(3)20(21-14)27-13-16-6-9-23(10-7-16)28(24,25)18-4-5-19-17(12-18)8-11-26-19/h4-5,12,16H,6-11,13H2,1-3H3. The minimum absolute atomic E-state index is 0.392. The Hall–Kier alpha value is -1.51. The van der Waals surface area contributed by atoms with Crippen molar-refractivity contribution in [1.29, 1.82) is 0 Å². The molecule has 0 amide bonds. The summed E-state index contributed by atoms with van der Waals surface area (Å²) < 4.78 is 35.3. The van der Waals surface area contributed by atoms with Crippen molar-refractivity contribution in [1.82, 2.24) is 13.9 Å². The summed E-state index contributed by atoms with van der Waals surface area (Å²) in [5.74, 6) is 2.31.